The van der Waals surface area contributed by atoms with E-state index in [1.165, 1.54) is 10.4 Å². The van der Waals surface area contributed by atoms with E-state index < -0.39 is 0 Å². The van der Waals surface area contributed by atoms with Crippen LogP contribution in [0.2, 0.25) is 0 Å². The number of aromatic nitrogens is 2. The summed E-state index contributed by atoms with van der Waals surface area (Å²) in [7, 11) is 1.97. The Morgan fingerprint density at radius 1 is 1.47 bits per heavy atom. The van der Waals surface area contributed by atoms with Crippen LogP contribution in [0.25, 0.3) is 10.6 Å². The van der Waals surface area contributed by atoms with Gasteiger partial charge in [0.15, 0.2) is 0 Å². The molecule has 2 heterocycles. The van der Waals surface area contributed by atoms with E-state index in [0.717, 1.165) is 18.8 Å². The largest absolute Gasteiger partial charge is 0.316 e. The van der Waals surface area contributed by atoms with Gasteiger partial charge in [-0.05, 0) is 24.4 Å². The van der Waals surface area contributed by atoms with Crippen molar-refractivity contribution in [2.75, 3.05) is 7.05 Å². The molecule has 2 aromatic rings. The maximum absolute atomic E-state index is 4.70. The monoisotopic (exact) mass is 249 g/mol. The lowest BCUT2D eigenvalue weighted by molar-refractivity contribution is 0.483. The van der Waals surface area contributed by atoms with E-state index in [9.17, 15) is 0 Å². The maximum atomic E-state index is 4.70. The molecule has 0 aliphatic rings. The second-order valence-corrected chi connectivity index (χ2v) is 5.57. The molecule has 0 atom stereocenters. The Labute approximate surface area is 106 Å². The van der Waals surface area contributed by atoms with Crippen molar-refractivity contribution >= 4 is 11.3 Å². The molecular formula is C13H19N3S. The van der Waals surface area contributed by atoms with Gasteiger partial charge in [0, 0.05) is 24.8 Å². The van der Waals surface area contributed by atoms with E-state index in [1.54, 1.807) is 11.3 Å². The predicted octanol–water partition coefficient (Wildman–Crippen LogP) is 2.99. The molecule has 0 bridgehead atoms. The summed E-state index contributed by atoms with van der Waals surface area (Å²) in [5.41, 5.74) is 2.39. The minimum atomic E-state index is 0.619. The summed E-state index contributed by atoms with van der Waals surface area (Å²) in [6, 6.07) is 4.20. The molecule has 0 aliphatic heterocycles. The fourth-order valence-electron chi connectivity index (χ4n) is 1.87. The zero-order chi connectivity index (χ0) is 12.3. The molecule has 92 valence electrons. The van der Waals surface area contributed by atoms with Crippen LogP contribution in [0.1, 0.15) is 19.4 Å². The van der Waals surface area contributed by atoms with Gasteiger partial charge in [-0.25, -0.2) is 0 Å². The van der Waals surface area contributed by atoms with Gasteiger partial charge in [-0.1, -0.05) is 19.9 Å². The van der Waals surface area contributed by atoms with E-state index >= 15 is 0 Å². The Balaban J connectivity index is 2.32. The Bertz CT molecular complexity index is 457. The van der Waals surface area contributed by atoms with Gasteiger partial charge in [0.2, 0.25) is 0 Å². The van der Waals surface area contributed by atoms with Crippen LogP contribution in [0.15, 0.2) is 23.7 Å². The summed E-state index contributed by atoms with van der Waals surface area (Å²) in [6.07, 6.45) is 2.16. The van der Waals surface area contributed by atoms with Crippen molar-refractivity contribution in [1.29, 1.82) is 0 Å². The highest BCUT2D eigenvalue weighted by Gasteiger charge is 2.11. The standard InChI is InChI=1S/C13H19N3S/c1-10(2)8-16-9-11(7-14-3)13(15-16)12-5-4-6-17-12/h4-6,9-10,14H,7-8H2,1-3H3. The van der Waals surface area contributed by atoms with Crippen LogP contribution in [0, 0.1) is 5.92 Å². The molecular weight excluding hydrogens is 230 g/mol. The molecule has 2 rings (SSSR count). The molecule has 3 nitrogen and oxygen atoms in total. The third-order valence-corrected chi connectivity index (χ3v) is 3.39. The lowest BCUT2D eigenvalue weighted by atomic mass is 10.2. The van der Waals surface area contributed by atoms with Crippen molar-refractivity contribution in [3.8, 4) is 10.6 Å². The summed E-state index contributed by atoms with van der Waals surface area (Å²) in [4.78, 5) is 1.25. The molecule has 4 heteroatoms. The van der Waals surface area contributed by atoms with Crippen molar-refractivity contribution < 1.29 is 0 Å². The summed E-state index contributed by atoms with van der Waals surface area (Å²) >= 11 is 1.74. The molecule has 0 spiro atoms. The third kappa shape index (κ3) is 2.96. The normalized spacial score (nSPS) is 11.3. The first-order valence-electron chi connectivity index (χ1n) is 5.95. The van der Waals surface area contributed by atoms with Gasteiger partial charge in [0.1, 0.15) is 5.69 Å². The fraction of sp³-hybridized carbons (Fsp3) is 0.462. The molecule has 0 fully saturated rings. The Morgan fingerprint density at radius 2 is 2.29 bits per heavy atom. The molecule has 1 N–H and O–H groups in total. The number of hydrogen-bond acceptors (Lipinski definition) is 3. The molecule has 0 saturated heterocycles. The van der Waals surface area contributed by atoms with Crippen LogP contribution >= 0.6 is 11.3 Å². The highest BCUT2D eigenvalue weighted by Crippen LogP contribution is 2.26. The number of nitrogens with one attached hydrogen (secondary N) is 1. The second-order valence-electron chi connectivity index (χ2n) is 4.63. The molecule has 0 amide bonds. The highest BCUT2D eigenvalue weighted by atomic mass is 32.1. The maximum Gasteiger partial charge on any atom is 0.107 e. The van der Waals surface area contributed by atoms with Gasteiger partial charge in [0.25, 0.3) is 0 Å². The van der Waals surface area contributed by atoms with Gasteiger partial charge in [0.05, 0.1) is 4.88 Å². The van der Waals surface area contributed by atoms with Crippen molar-refractivity contribution in [1.82, 2.24) is 15.1 Å². The van der Waals surface area contributed by atoms with Crippen LogP contribution in [-0.4, -0.2) is 16.8 Å². The first kappa shape index (κ1) is 12.3. The summed E-state index contributed by atoms with van der Waals surface area (Å²) in [5.74, 6) is 0.619. The zero-order valence-electron chi connectivity index (χ0n) is 10.6. The van der Waals surface area contributed by atoms with E-state index in [0.29, 0.717) is 5.92 Å². The predicted molar refractivity (Wildman–Crippen MR) is 73.1 cm³/mol. The lowest BCUT2D eigenvalue weighted by Crippen LogP contribution is -2.05. The molecule has 2 aromatic heterocycles. The van der Waals surface area contributed by atoms with Crippen molar-refractivity contribution in [3.05, 3.63) is 29.3 Å². The topological polar surface area (TPSA) is 29.9 Å². The van der Waals surface area contributed by atoms with Crippen molar-refractivity contribution in [2.45, 2.75) is 26.9 Å². The Kier molecular flexibility index (Phi) is 3.97. The van der Waals surface area contributed by atoms with Crippen molar-refractivity contribution in [3.63, 3.8) is 0 Å². The number of hydrogen-bond donors (Lipinski definition) is 1. The summed E-state index contributed by atoms with van der Waals surface area (Å²) < 4.78 is 2.06. The highest BCUT2D eigenvalue weighted by molar-refractivity contribution is 7.13. The summed E-state index contributed by atoms with van der Waals surface area (Å²) in [6.45, 7) is 6.27. The number of rotatable bonds is 5. The zero-order valence-corrected chi connectivity index (χ0v) is 11.4. The van der Waals surface area contributed by atoms with Crippen LogP contribution in [0.3, 0.4) is 0 Å². The molecule has 17 heavy (non-hydrogen) atoms. The number of nitrogens with zero attached hydrogens (tertiary/aromatic N) is 2. The smallest absolute Gasteiger partial charge is 0.107 e. The van der Waals surface area contributed by atoms with Crippen LogP contribution in [-0.2, 0) is 13.1 Å². The van der Waals surface area contributed by atoms with Crippen LogP contribution < -0.4 is 5.32 Å². The second kappa shape index (κ2) is 5.47. The number of thiophene rings is 1. The van der Waals surface area contributed by atoms with E-state index in [2.05, 4.69) is 47.6 Å². The van der Waals surface area contributed by atoms with Gasteiger partial charge in [-0.3, -0.25) is 4.68 Å². The SMILES string of the molecule is CNCc1cn(CC(C)C)nc1-c1cccs1. The first-order valence-corrected chi connectivity index (χ1v) is 6.83. The molecule has 0 radical (unpaired) electrons. The van der Waals surface area contributed by atoms with Gasteiger partial charge in [-0.15, -0.1) is 11.3 Å². The average molecular weight is 249 g/mol. The minimum Gasteiger partial charge on any atom is -0.316 e. The average Bonchev–Trinajstić information content (AvgIpc) is 2.86. The lowest BCUT2D eigenvalue weighted by Gasteiger charge is -2.03. The molecule has 0 aromatic carbocycles. The first-order chi connectivity index (χ1) is 8.20. The molecule has 0 aliphatic carbocycles. The third-order valence-electron chi connectivity index (χ3n) is 2.51. The Hall–Kier alpha value is -1.13. The van der Waals surface area contributed by atoms with Crippen LogP contribution in [0.4, 0.5) is 0 Å². The quantitative estimate of drug-likeness (QED) is 0.883. The van der Waals surface area contributed by atoms with Gasteiger partial charge in [-0.2, -0.15) is 5.10 Å². The fourth-order valence-corrected chi connectivity index (χ4v) is 2.62. The summed E-state index contributed by atoms with van der Waals surface area (Å²) in [5, 5.41) is 10.00. The van der Waals surface area contributed by atoms with Crippen molar-refractivity contribution in [2.24, 2.45) is 5.92 Å². The minimum absolute atomic E-state index is 0.619. The van der Waals surface area contributed by atoms with E-state index in [1.807, 2.05) is 7.05 Å². The Morgan fingerprint density at radius 3 is 2.88 bits per heavy atom. The van der Waals surface area contributed by atoms with E-state index in [-0.39, 0.29) is 0 Å². The van der Waals surface area contributed by atoms with E-state index in [4.69, 9.17) is 5.10 Å². The van der Waals surface area contributed by atoms with Gasteiger partial charge < -0.3 is 5.32 Å². The molecule has 0 saturated carbocycles. The van der Waals surface area contributed by atoms with Gasteiger partial charge >= 0.3 is 0 Å². The van der Waals surface area contributed by atoms with Crippen LogP contribution in [0.5, 0.6) is 0 Å². The molecule has 0 unspecified atom stereocenters.